The van der Waals surface area contributed by atoms with E-state index in [4.69, 9.17) is 0 Å². The second-order valence-corrected chi connectivity index (χ2v) is 6.09. The van der Waals surface area contributed by atoms with Crippen LogP contribution in [-0.2, 0) is 11.6 Å². The SMILES string of the molecule is CC(C)(CNc1cc(C(F)(F)F)ccn1)c1cccs1. The number of halogens is 3. The van der Waals surface area contributed by atoms with Gasteiger partial charge < -0.3 is 5.32 Å². The third-order valence-corrected chi connectivity index (χ3v) is 4.22. The summed E-state index contributed by atoms with van der Waals surface area (Å²) in [6.07, 6.45) is -3.17. The van der Waals surface area contributed by atoms with E-state index in [-0.39, 0.29) is 11.2 Å². The van der Waals surface area contributed by atoms with Gasteiger partial charge in [0.25, 0.3) is 0 Å². The Morgan fingerprint density at radius 1 is 1.25 bits per heavy atom. The Morgan fingerprint density at radius 2 is 2.00 bits per heavy atom. The maximum absolute atomic E-state index is 12.6. The molecule has 1 N–H and O–H groups in total. The van der Waals surface area contributed by atoms with Crippen molar-refractivity contribution in [2.24, 2.45) is 0 Å². The highest BCUT2D eigenvalue weighted by atomic mass is 32.1. The molecule has 2 aromatic rings. The first-order valence-corrected chi connectivity index (χ1v) is 6.98. The Morgan fingerprint density at radius 3 is 2.60 bits per heavy atom. The van der Waals surface area contributed by atoms with E-state index < -0.39 is 11.7 Å². The Balaban J connectivity index is 2.08. The molecule has 0 aliphatic carbocycles. The van der Waals surface area contributed by atoms with E-state index in [0.29, 0.717) is 6.54 Å². The third-order valence-electron chi connectivity index (χ3n) is 2.99. The normalized spacial score (nSPS) is 12.4. The van der Waals surface area contributed by atoms with E-state index in [9.17, 15) is 13.2 Å². The van der Waals surface area contributed by atoms with Crippen molar-refractivity contribution in [3.05, 3.63) is 46.3 Å². The van der Waals surface area contributed by atoms with Crippen LogP contribution in [-0.4, -0.2) is 11.5 Å². The lowest BCUT2D eigenvalue weighted by atomic mass is 9.91. The van der Waals surface area contributed by atoms with E-state index >= 15 is 0 Å². The second kappa shape index (κ2) is 5.44. The summed E-state index contributed by atoms with van der Waals surface area (Å²) in [5, 5.41) is 4.97. The first kappa shape index (κ1) is 14.8. The number of nitrogens with zero attached hydrogens (tertiary/aromatic N) is 1. The van der Waals surface area contributed by atoms with Gasteiger partial charge in [-0.1, -0.05) is 19.9 Å². The van der Waals surface area contributed by atoms with Crippen LogP contribution in [0.2, 0.25) is 0 Å². The molecule has 0 amide bonds. The standard InChI is InChI=1S/C14H15F3N2S/c1-13(2,11-4-3-7-20-11)9-19-12-8-10(5-6-18-12)14(15,16)17/h3-8H,9H2,1-2H3,(H,18,19). The maximum atomic E-state index is 12.6. The van der Waals surface area contributed by atoms with Gasteiger partial charge in [0.05, 0.1) is 5.56 Å². The lowest BCUT2D eigenvalue weighted by Gasteiger charge is -2.24. The highest BCUT2D eigenvalue weighted by Gasteiger charge is 2.31. The van der Waals surface area contributed by atoms with Crippen LogP contribution in [0, 0.1) is 0 Å². The third kappa shape index (κ3) is 3.50. The molecule has 0 unspecified atom stereocenters. The van der Waals surface area contributed by atoms with Crippen molar-refractivity contribution in [3.8, 4) is 0 Å². The average molecular weight is 300 g/mol. The summed E-state index contributed by atoms with van der Waals surface area (Å²) in [5.74, 6) is 0.240. The van der Waals surface area contributed by atoms with Crippen LogP contribution in [0.4, 0.5) is 19.0 Å². The van der Waals surface area contributed by atoms with Crippen LogP contribution < -0.4 is 5.32 Å². The van der Waals surface area contributed by atoms with Gasteiger partial charge in [-0.3, -0.25) is 0 Å². The Labute approximate surface area is 119 Å². The smallest absolute Gasteiger partial charge is 0.369 e. The molecule has 0 bridgehead atoms. The monoisotopic (exact) mass is 300 g/mol. The predicted octanol–water partition coefficient (Wildman–Crippen LogP) is 4.55. The summed E-state index contributed by atoms with van der Waals surface area (Å²) in [7, 11) is 0. The number of hydrogen-bond donors (Lipinski definition) is 1. The van der Waals surface area contributed by atoms with Gasteiger partial charge in [0.1, 0.15) is 5.82 Å². The minimum absolute atomic E-state index is 0.163. The molecule has 0 fully saturated rings. The van der Waals surface area contributed by atoms with Crippen LogP contribution in [0.1, 0.15) is 24.3 Å². The molecule has 2 nitrogen and oxygen atoms in total. The molecule has 0 saturated heterocycles. The zero-order valence-electron chi connectivity index (χ0n) is 11.2. The van der Waals surface area contributed by atoms with Crippen LogP contribution in [0.5, 0.6) is 0 Å². The number of pyridine rings is 1. The summed E-state index contributed by atoms with van der Waals surface area (Å²) < 4.78 is 37.8. The first-order valence-electron chi connectivity index (χ1n) is 6.10. The van der Waals surface area contributed by atoms with Gasteiger partial charge >= 0.3 is 6.18 Å². The quantitative estimate of drug-likeness (QED) is 0.896. The highest BCUT2D eigenvalue weighted by Crippen LogP contribution is 2.31. The van der Waals surface area contributed by atoms with Crippen LogP contribution in [0.3, 0.4) is 0 Å². The molecule has 0 saturated carbocycles. The van der Waals surface area contributed by atoms with Crippen molar-refractivity contribution < 1.29 is 13.2 Å². The second-order valence-electron chi connectivity index (χ2n) is 5.14. The zero-order chi connectivity index (χ0) is 14.8. The van der Waals surface area contributed by atoms with E-state index in [0.717, 1.165) is 12.1 Å². The lowest BCUT2D eigenvalue weighted by molar-refractivity contribution is -0.137. The minimum atomic E-state index is -4.34. The van der Waals surface area contributed by atoms with Crippen molar-refractivity contribution in [2.45, 2.75) is 25.4 Å². The van der Waals surface area contributed by atoms with E-state index in [1.165, 1.54) is 11.1 Å². The van der Waals surface area contributed by atoms with Crippen molar-refractivity contribution in [1.82, 2.24) is 4.98 Å². The fourth-order valence-electron chi connectivity index (χ4n) is 1.77. The molecule has 0 aliphatic rings. The van der Waals surface area contributed by atoms with Crippen molar-refractivity contribution in [2.75, 3.05) is 11.9 Å². The summed E-state index contributed by atoms with van der Waals surface area (Å²) in [6, 6.07) is 5.98. The maximum Gasteiger partial charge on any atom is 0.416 e. The van der Waals surface area contributed by atoms with E-state index in [2.05, 4.69) is 10.3 Å². The number of nitrogens with one attached hydrogen (secondary N) is 1. The number of aromatic nitrogens is 1. The van der Waals surface area contributed by atoms with Gasteiger partial charge in [-0.25, -0.2) is 4.98 Å². The summed E-state index contributed by atoms with van der Waals surface area (Å²) in [5.41, 5.74) is -0.853. The molecule has 2 aromatic heterocycles. The molecule has 20 heavy (non-hydrogen) atoms. The molecular weight excluding hydrogens is 285 g/mol. The van der Waals surface area contributed by atoms with Crippen LogP contribution in [0.15, 0.2) is 35.8 Å². The highest BCUT2D eigenvalue weighted by molar-refractivity contribution is 7.10. The lowest BCUT2D eigenvalue weighted by Crippen LogP contribution is -2.27. The zero-order valence-corrected chi connectivity index (χ0v) is 12.0. The molecule has 0 atom stereocenters. The summed E-state index contributed by atoms with van der Waals surface area (Å²) in [6.45, 7) is 4.60. The topological polar surface area (TPSA) is 24.9 Å². The van der Waals surface area contributed by atoms with E-state index in [1.807, 2.05) is 31.4 Å². The minimum Gasteiger partial charge on any atom is -0.369 e. The molecule has 0 aromatic carbocycles. The molecule has 2 heterocycles. The number of anilines is 1. The Hall–Kier alpha value is -1.56. The number of alkyl halides is 3. The molecule has 6 heteroatoms. The molecule has 0 aliphatic heterocycles. The van der Waals surface area contributed by atoms with Gasteiger partial charge in [-0.15, -0.1) is 11.3 Å². The molecule has 0 spiro atoms. The average Bonchev–Trinajstić information content (AvgIpc) is 2.90. The van der Waals surface area contributed by atoms with Crippen molar-refractivity contribution in [3.63, 3.8) is 0 Å². The van der Waals surface area contributed by atoms with Crippen molar-refractivity contribution in [1.29, 1.82) is 0 Å². The van der Waals surface area contributed by atoms with Crippen LogP contribution >= 0.6 is 11.3 Å². The molecule has 2 rings (SSSR count). The van der Waals surface area contributed by atoms with Crippen molar-refractivity contribution >= 4 is 17.2 Å². The fraction of sp³-hybridized carbons (Fsp3) is 0.357. The largest absolute Gasteiger partial charge is 0.416 e. The van der Waals surface area contributed by atoms with Gasteiger partial charge in [-0.2, -0.15) is 13.2 Å². The van der Waals surface area contributed by atoms with E-state index in [1.54, 1.807) is 11.3 Å². The van der Waals surface area contributed by atoms with Gasteiger partial charge in [-0.05, 0) is 23.6 Å². The number of hydrogen-bond acceptors (Lipinski definition) is 3. The fourth-order valence-corrected chi connectivity index (χ4v) is 2.62. The number of rotatable bonds is 4. The van der Waals surface area contributed by atoms with Crippen LogP contribution in [0.25, 0.3) is 0 Å². The predicted molar refractivity (Wildman–Crippen MR) is 75.1 cm³/mol. The number of thiophene rings is 1. The molecular formula is C14H15F3N2S. The van der Waals surface area contributed by atoms with Gasteiger partial charge in [0.2, 0.25) is 0 Å². The van der Waals surface area contributed by atoms with Gasteiger partial charge in [0.15, 0.2) is 0 Å². The first-order chi connectivity index (χ1) is 9.29. The van der Waals surface area contributed by atoms with Gasteiger partial charge in [0, 0.05) is 23.0 Å². The Bertz CT molecular complexity index is 562. The molecule has 0 radical (unpaired) electrons. The summed E-state index contributed by atoms with van der Waals surface area (Å²) >= 11 is 1.63. The summed E-state index contributed by atoms with van der Waals surface area (Å²) in [4.78, 5) is 5.11. The Kier molecular flexibility index (Phi) is 4.04. The molecule has 108 valence electrons.